The van der Waals surface area contributed by atoms with Gasteiger partial charge in [0.05, 0.1) is 35.0 Å². The number of hydrogen-bond donors (Lipinski definition) is 3. The first-order chi connectivity index (χ1) is 13.8. The Kier molecular flexibility index (Phi) is 6.84. The summed E-state index contributed by atoms with van der Waals surface area (Å²) < 4.78 is 5.86. The zero-order valence-electron chi connectivity index (χ0n) is 15.6. The van der Waals surface area contributed by atoms with E-state index in [4.69, 9.17) is 33.0 Å². The van der Waals surface area contributed by atoms with E-state index in [0.717, 1.165) is 11.3 Å². The summed E-state index contributed by atoms with van der Waals surface area (Å²) in [7, 11) is 0. The van der Waals surface area contributed by atoms with Gasteiger partial charge in [-0.2, -0.15) is 0 Å². The van der Waals surface area contributed by atoms with Crippen molar-refractivity contribution in [1.29, 1.82) is 0 Å². The zero-order chi connectivity index (χ0) is 21.1. The molecule has 0 radical (unpaired) electrons. The van der Waals surface area contributed by atoms with Gasteiger partial charge in [-0.05, 0) is 13.3 Å². The Morgan fingerprint density at radius 2 is 2.28 bits per heavy atom. The number of halogens is 2. The van der Waals surface area contributed by atoms with Gasteiger partial charge in [0.25, 0.3) is 5.91 Å². The van der Waals surface area contributed by atoms with Crippen molar-refractivity contribution in [2.75, 3.05) is 24.6 Å². The average molecular weight is 459 g/mol. The second kappa shape index (κ2) is 9.17. The number of ether oxygens (including phenoxy) is 1. The van der Waals surface area contributed by atoms with E-state index in [-0.39, 0.29) is 33.6 Å². The third kappa shape index (κ3) is 4.75. The Hall–Kier alpha value is -2.07. The monoisotopic (exact) mass is 458 g/mol. The third-order valence-electron chi connectivity index (χ3n) is 4.56. The van der Waals surface area contributed by atoms with Crippen LogP contribution in [0.15, 0.2) is 18.9 Å². The molecule has 0 aromatic carbocycles. The summed E-state index contributed by atoms with van der Waals surface area (Å²) in [5, 5.41) is 13.2. The lowest BCUT2D eigenvalue weighted by Crippen LogP contribution is -2.55. The third-order valence-corrected chi connectivity index (χ3v) is 6.55. The summed E-state index contributed by atoms with van der Waals surface area (Å²) in [6.07, 6.45) is 3.22. The Morgan fingerprint density at radius 3 is 2.86 bits per heavy atom. The maximum absolute atomic E-state index is 12.7. The zero-order valence-corrected chi connectivity index (χ0v) is 17.9. The van der Waals surface area contributed by atoms with Gasteiger partial charge < -0.3 is 25.0 Å². The summed E-state index contributed by atoms with van der Waals surface area (Å²) in [4.78, 5) is 33.0. The van der Waals surface area contributed by atoms with Gasteiger partial charge in [-0.3, -0.25) is 4.79 Å². The number of rotatable bonds is 7. The van der Waals surface area contributed by atoms with Crippen LogP contribution in [0.3, 0.4) is 0 Å². The number of carbonyl (C=O) groups excluding carboxylic acids is 1. The molecule has 0 saturated carbocycles. The number of thiazole rings is 1. The first kappa shape index (κ1) is 21.6. The summed E-state index contributed by atoms with van der Waals surface area (Å²) in [6, 6.07) is -0.268. The van der Waals surface area contributed by atoms with Gasteiger partial charge in [-0.15, -0.1) is 6.58 Å². The lowest BCUT2D eigenvalue weighted by atomic mass is 10.0. The van der Waals surface area contributed by atoms with Gasteiger partial charge in [0.2, 0.25) is 0 Å². The van der Waals surface area contributed by atoms with Crippen molar-refractivity contribution in [2.45, 2.75) is 25.5 Å². The number of carboxylic acid groups (broad SMARTS) is 1. The van der Waals surface area contributed by atoms with Crippen molar-refractivity contribution >= 4 is 51.5 Å². The molecule has 8 nitrogen and oxygen atoms in total. The van der Waals surface area contributed by atoms with Crippen LogP contribution in [0.5, 0.6) is 0 Å². The van der Waals surface area contributed by atoms with Crippen LogP contribution in [0.1, 0.15) is 32.3 Å². The van der Waals surface area contributed by atoms with E-state index in [0.29, 0.717) is 42.0 Å². The molecule has 29 heavy (non-hydrogen) atoms. The molecule has 0 bridgehead atoms. The number of carbonyl (C=O) groups is 2. The molecule has 3 heterocycles. The molecule has 11 heteroatoms. The predicted octanol–water partition coefficient (Wildman–Crippen LogP) is 3.36. The number of aromatic nitrogens is 2. The molecule has 0 spiro atoms. The molecule has 3 rings (SSSR count). The maximum atomic E-state index is 12.7. The van der Waals surface area contributed by atoms with Gasteiger partial charge in [0, 0.05) is 18.8 Å². The molecule has 2 atom stereocenters. The fourth-order valence-electron chi connectivity index (χ4n) is 3.09. The number of aromatic amines is 1. The molecular weight excluding hydrogens is 439 g/mol. The van der Waals surface area contributed by atoms with Crippen molar-refractivity contribution in [3.8, 4) is 0 Å². The minimum atomic E-state index is -1.01. The van der Waals surface area contributed by atoms with E-state index >= 15 is 0 Å². The molecule has 0 aliphatic carbocycles. The highest BCUT2D eigenvalue weighted by atomic mass is 35.5. The molecule has 2 aromatic heterocycles. The van der Waals surface area contributed by atoms with Crippen molar-refractivity contribution in [3.05, 3.63) is 45.2 Å². The SMILES string of the molecule is C=CCO[C@H]1CN(c2ncc(C(=O)O)s2)CC[C@@H]1NC(=O)c1[nH]c(C)c(Cl)c1Cl. The van der Waals surface area contributed by atoms with Crippen LogP contribution in [-0.4, -0.2) is 58.8 Å². The number of anilines is 1. The summed E-state index contributed by atoms with van der Waals surface area (Å²) in [6.45, 7) is 6.75. The fraction of sp³-hybridized carbons (Fsp3) is 0.389. The van der Waals surface area contributed by atoms with Crippen molar-refractivity contribution in [1.82, 2.24) is 15.3 Å². The Bertz CT molecular complexity index is 929. The van der Waals surface area contributed by atoms with Crippen LogP contribution >= 0.6 is 34.5 Å². The van der Waals surface area contributed by atoms with Crippen molar-refractivity contribution < 1.29 is 19.4 Å². The average Bonchev–Trinajstić information content (AvgIpc) is 3.29. The fourth-order valence-corrected chi connectivity index (χ4v) is 4.30. The van der Waals surface area contributed by atoms with Gasteiger partial charge in [-0.1, -0.05) is 40.6 Å². The summed E-state index contributed by atoms with van der Waals surface area (Å²) >= 11 is 13.3. The Morgan fingerprint density at radius 1 is 1.52 bits per heavy atom. The molecule has 1 fully saturated rings. The molecule has 0 unspecified atom stereocenters. The number of carboxylic acids is 1. The van der Waals surface area contributed by atoms with E-state index in [2.05, 4.69) is 21.9 Å². The summed E-state index contributed by atoms with van der Waals surface area (Å²) in [5.74, 6) is -1.37. The molecule has 1 saturated heterocycles. The molecule has 1 aliphatic rings. The normalized spacial score (nSPS) is 19.2. The van der Waals surface area contributed by atoms with Crippen LogP contribution in [-0.2, 0) is 4.74 Å². The molecule has 1 amide bonds. The maximum Gasteiger partial charge on any atom is 0.347 e. The lowest BCUT2D eigenvalue weighted by Gasteiger charge is -2.38. The molecular formula is C18H20Cl2N4O4S. The number of piperidine rings is 1. The van der Waals surface area contributed by atoms with E-state index in [1.807, 2.05) is 4.90 Å². The highest BCUT2D eigenvalue weighted by Crippen LogP contribution is 2.30. The highest BCUT2D eigenvalue weighted by molar-refractivity contribution is 7.17. The first-order valence-electron chi connectivity index (χ1n) is 8.82. The van der Waals surface area contributed by atoms with Crippen LogP contribution in [0.2, 0.25) is 10.0 Å². The Labute approximate surface area is 181 Å². The predicted molar refractivity (Wildman–Crippen MR) is 113 cm³/mol. The summed E-state index contributed by atoms with van der Waals surface area (Å²) in [5.41, 5.74) is 0.833. The number of nitrogens with one attached hydrogen (secondary N) is 2. The number of H-pyrrole nitrogens is 1. The first-order valence-corrected chi connectivity index (χ1v) is 10.4. The Balaban J connectivity index is 1.73. The van der Waals surface area contributed by atoms with Gasteiger partial charge in [-0.25, -0.2) is 9.78 Å². The van der Waals surface area contributed by atoms with Crippen LogP contribution in [0.4, 0.5) is 5.13 Å². The molecule has 3 N–H and O–H groups in total. The van der Waals surface area contributed by atoms with Gasteiger partial charge in [0.15, 0.2) is 5.13 Å². The minimum absolute atomic E-state index is 0.174. The molecule has 1 aliphatic heterocycles. The lowest BCUT2D eigenvalue weighted by molar-refractivity contribution is 0.0355. The van der Waals surface area contributed by atoms with Crippen LogP contribution in [0.25, 0.3) is 0 Å². The van der Waals surface area contributed by atoms with E-state index in [1.54, 1.807) is 13.0 Å². The minimum Gasteiger partial charge on any atom is -0.477 e. The molecule has 156 valence electrons. The standard InChI is InChI=1S/C18H20Cl2N4O4S/c1-3-6-28-11-8-24(18-21-7-12(29-18)17(26)27)5-4-10(11)23-16(25)15-14(20)13(19)9(2)22-15/h3,7,10-11,22H,1,4-6,8H2,2H3,(H,23,25)(H,26,27)/t10-,11-/m0/s1. The number of hydrogen-bond acceptors (Lipinski definition) is 6. The smallest absolute Gasteiger partial charge is 0.347 e. The topological polar surface area (TPSA) is 108 Å². The number of amides is 1. The van der Waals surface area contributed by atoms with Crippen LogP contribution < -0.4 is 10.2 Å². The van der Waals surface area contributed by atoms with E-state index in [1.165, 1.54) is 6.20 Å². The molecule has 2 aromatic rings. The van der Waals surface area contributed by atoms with E-state index < -0.39 is 5.97 Å². The van der Waals surface area contributed by atoms with E-state index in [9.17, 15) is 9.59 Å². The number of nitrogens with zero attached hydrogens (tertiary/aromatic N) is 2. The van der Waals surface area contributed by atoms with Crippen molar-refractivity contribution in [2.24, 2.45) is 0 Å². The largest absolute Gasteiger partial charge is 0.477 e. The number of aromatic carboxylic acids is 1. The van der Waals surface area contributed by atoms with Gasteiger partial charge >= 0.3 is 5.97 Å². The van der Waals surface area contributed by atoms with Crippen molar-refractivity contribution in [3.63, 3.8) is 0 Å². The number of aryl methyl sites for hydroxylation is 1. The van der Waals surface area contributed by atoms with Gasteiger partial charge in [0.1, 0.15) is 10.6 Å². The highest BCUT2D eigenvalue weighted by Gasteiger charge is 2.33. The quantitative estimate of drug-likeness (QED) is 0.548. The second-order valence-corrected chi connectivity index (χ2v) is 8.31. The second-order valence-electron chi connectivity index (χ2n) is 6.54. The van der Waals surface area contributed by atoms with Crippen LogP contribution in [0, 0.1) is 6.92 Å².